The molecule has 0 bridgehead atoms. The molecule has 136 valence electrons. The van der Waals surface area contributed by atoms with Gasteiger partial charge in [0.1, 0.15) is 5.54 Å². The molecule has 0 unspecified atom stereocenters. The molecule has 1 aromatic carbocycles. The molecule has 0 radical (unpaired) electrons. The summed E-state index contributed by atoms with van der Waals surface area (Å²) in [6.45, 7) is 0. The number of nitriles is 1. The highest BCUT2D eigenvalue weighted by molar-refractivity contribution is 5.82. The average molecular weight is 353 g/mol. The number of rotatable bonds is 3. The van der Waals surface area contributed by atoms with E-state index in [4.69, 9.17) is 0 Å². The third-order valence-corrected chi connectivity index (χ3v) is 5.47. The molecule has 1 saturated carbocycles. The van der Waals surface area contributed by atoms with Gasteiger partial charge in [-0.05, 0) is 45.3 Å². The number of benzene rings is 1. The first-order valence-electron chi connectivity index (χ1n) is 8.08. The highest BCUT2D eigenvalue weighted by atomic mass is 19.4. The molecule has 1 aromatic rings. The first kappa shape index (κ1) is 19.3. The maximum Gasteiger partial charge on any atom is 0.471 e. The van der Waals surface area contributed by atoms with Crippen molar-refractivity contribution in [2.75, 3.05) is 21.1 Å². The third-order valence-electron chi connectivity index (χ3n) is 5.47. The number of alkyl halides is 3. The maximum absolute atomic E-state index is 12.8. The van der Waals surface area contributed by atoms with Gasteiger partial charge in [-0.25, -0.2) is 0 Å². The Hall–Kier alpha value is -2.07. The molecule has 0 saturated heterocycles. The lowest BCUT2D eigenvalue weighted by Crippen LogP contribution is -2.58. The molecule has 1 aliphatic carbocycles. The Labute approximate surface area is 145 Å². The largest absolute Gasteiger partial charge is 0.471 e. The fourth-order valence-electron chi connectivity index (χ4n) is 3.73. The lowest BCUT2D eigenvalue weighted by Gasteiger charge is -2.50. The van der Waals surface area contributed by atoms with Crippen LogP contribution in [0.4, 0.5) is 13.2 Å². The van der Waals surface area contributed by atoms with Crippen LogP contribution < -0.4 is 0 Å². The Bertz CT molecular complexity index is 656. The van der Waals surface area contributed by atoms with Crippen LogP contribution in [0.1, 0.15) is 31.2 Å². The molecule has 7 heteroatoms. The SMILES string of the molecule is CN(C(=O)C(F)(F)F)C1(C#N)CCC(c2ccccc2)(N(C)C)CC1. The second kappa shape index (κ2) is 6.68. The summed E-state index contributed by atoms with van der Waals surface area (Å²) in [4.78, 5) is 14.3. The van der Waals surface area contributed by atoms with Crippen LogP contribution in [-0.2, 0) is 10.3 Å². The summed E-state index contributed by atoms with van der Waals surface area (Å²) >= 11 is 0. The van der Waals surface area contributed by atoms with E-state index < -0.39 is 17.6 Å². The minimum absolute atomic E-state index is 0.189. The Morgan fingerprint density at radius 1 is 1.08 bits per heavy atom. The molecule has 0 atom stereocenters. The van der Waals surface area contributed by atoms with Gasteiger partial charge >= 0.3 is 12.1 Å². The van der Waals surface area contributed by atoms with Crippen LogP contribution in [0, 0.1) is 11.3 Å². The molecule has 2 rings (SSSR count). The topological polar surface area (TPSA) is 47.3 Å². The fraction of sp³-hybridized carbons (Fsp3) is 0.556. The summed E-state index contributed by atoms with van der Waals surface area (Å²) in [6, 6.07) is 11.7. The molecular weight excluding hydrogens is 331 g/mol. The molecule has 1 aliphatic rings. The number of hydrogen-bond donors (Lipinski definition) is 0. The smallest absolute Gasteiger partial charge is 0.319 e. The summed E-state index contributed by atoms with van der Waals surface area (Å²) in [7, 11) is 4.93. The zero-order valence-corrected chi connectivity index (χ0v) is 14.6. The third kappa shape index (κ3) is 3.36. The highest BCUT2D eigenvalue weighted by Gasteiger charge is 2.53. The van der Waals surface area contributed by atoms with E-state index in [1.54, 1.807) is 0 Å². The molecule has 0 heterocycles. The summed E-state index contributed by atoms with van der Waals surface area (Å²) < 4.78 is 38.4. The molecule has 0 aromatic heterocycles. The van der Waals surface area contributed by atoms with Gasteiger partial charge in [0.05, 0.1) is 6.07 Å². The minimum atomic E-state index is -4.98. The summed E-state index contributed by atoms with van der Waals surface area (Å²) in [5.74, 6) is -1.97. The van der Waals surface area contributed by atoms with Crippen molar-refractivity contribution in [1.29, 1.82) is 5.26 Å². The van der Waals surface area contributed by atoms with Crippen molar-refractivity contribution in [3.63, 3.8) is 0 Å². The van der Waals surface area contributed by atoms with Gasteiger partial charge in [-0.1, -0.05) is 30.3 Å². The standard InChI is InChI=1S/C18H22F3N3O/c1-23(2)17(14-7-5-4-6-8-14)11-9-16(13-22,10-12-17)24(3)15(25)18(19,20)21/h4-8H,9-12H2,1-3H3. The van der Waals surface area contributed by atoms with Crippen LogP contribution in [-0.4, -0.2) is 48.6 Å². The predicted octanol–water partition coefficient (Wildman–Crippen LogP) is 3.30. The van der Waals surface area contributed by atoms with Gasteiger partial charge in [0.25, 0.3) is 0 Å². The van der Waals surface area contributed by atoms with Gasteiger partial charge in [-0.3, -0.25) is 9.69 Å². The van der Waals surface area contributed by atoms with E-state index in [2.05, 4.69) is 4.90 Å². The van der Waals surface area contributed by atoms with Gasteiger partial charge in [-0.15, -0.1) is 0 Å². The summed E-state index contributed by atoms with van der Waals surface area (Å²) in [6.07, 6.45) is -3.61. The Kier molecular flexibility index (Phi) is 5.14. The van der Waals surface area contributed by atoms with E-state index in [0.29, 0.717) is 17.7 Å². The first-order chi connectivity index (χ1) is 11.6. The molecule has 0 aliphatic heterocycles. The van der Waals surface area contributed by atoms with E-state index in [-0.39, 0.29) is 18.4 Å². The maximum atomic E-state index is 12.8. The predicted molar refractivity (Wildman–Crippen MR) is 87.4 cm³/mol. The molecule has 1 fully saturated rings. The van der Waals surface area contributed by atoms with Crippen molar-refractivity contribution < 1.29 is 18.0 Å². The zero-order chi connectivity index (χ0) is 18.9. The number of hydrogen-bond acceptors (Lipinski definition) is 3. The van der Waals surface area contributed by atoms with Crippen molar-refractivity contribution in [1.82, 2.24) is 9.80 Å². The number of carbonyl (C=O) groups excluding carboxylic acids is 1. The highest BCUT2D eigenvalue weighted by Crippen LogP contribution is 2.46. The van der Waals surface area contributed by atoms with Gasteiger partial charge in [0.15, 0.2) is 0 Å². The van der Waals surface area contributed by atoms with Gasteiger partial charge in [-0.2, -0.15) is 18.4 Å². The van der Waals surface area contributed by atoms with Crippen molar-refractivity contribution >= 4 is 5.91 Å². The van der Waals surface area contributed by atoms with E-state index in [9.17, 15) is 23.2 Å². The molecular formula is C18H22F3N3O. The van der Waals surface area contributed by atoms with Crippen molar-refractivity contribution in [3.8, 4) is 6.07 Å². The van der Waals surface area contributed by atoms with Crippen LogP contribution in [0.5, 0.6) is 0 Å². The van der Waals surface area contributed by atoms with E-state index in [0.717, 1.165) is 12.6 Å². The van der Waals surface area contributed by atoms with E-state index in [1.165, 1.54) is 0 Å². The van der Waals surface area contributed by atoms with Crippen LogP contribution in [0.3, 0.4) is 0 Å². The number of carbonyl (C=O) groups is 1. The fourth-order valence-corrected chi connectivity index (χ4v) is 3.73. The molecule has 0 spiro atoms. The lowest BCUT2D eigenvalue weighted by molar-refractivity contribution is -0.189. The Balaban J connectivity index is 2.31. The zero-order valence-electron chi connectivity index (χ0n) is 14.6. The quantitative estimate of drug-likeness (QED) is 0.838. The van der Waals surface area contributed by atoms with Gasteiger partial charge in [0.2, 0.25) is 0 Å². The second-order valence-corrected chi connectivity index (χ2v) is 6.80. The van der Waals surface area contributed by atoms with Gasteiger partial charge in [0, 0.05) is 12.6 Å². The molecule has 4 nitrogen and oxygen atoms in total. The van der Waals surface area contributed by atoms with Crippen molar-refractivity contribution in [2.24, 2.45) is 0 Å². The minimum Gasteiger partial charge on any atom is -0.319 e. The normalized spacial score (nSPS) is 27.0. The average Bonchev–Trinajstić information content (AvgIpc) is 2.60. The molecule has 25 heavy (non-hydrogen) atoms. The van der Waals surface area contributed by atoms with Crippen molar-refractivity contribution in [3.05, 3.63) is 35.9 Å². The lowest BCUT2D eigenvalue weighted by atomic mass is 9.68. The Morgan fingerprint density at radius 3 is 2.00 bits per heavy atom. The number of halogens is 3. The molecule has 0 N–H and O–H groups in total. The number of nitrogens with zero attached hydrogens (tertiary/aromatic N) is 3. The second-order valence-electron chi connectivity index (χ2n) is 6.80. The van der Waals surface area contributed by atoms with E-state index >= 15 is 0 Å². The van der Waals surface area contributed by atoms with E-state index in [1.807, 2.05) is 50.5 Å². The molecule has 1 amide bonds. The van der Waals surface area contributed by atoms with Crippen LogP contribution in [0.2, 0.25) is 0 Å². The van der Waals surface area contributed by atoms with Crippen LogP contribution >= 0.6 is 0 Å². The Morgan fingerprint density at radius 2 is 1.60 bits per heavy atom. The van der Waals surface area contributed by atoms with Crippen LogP contribution in [0.15, 0.2) is 30.3 Å². The number of amides is 1. The van der Waals surface area contributed by atoms with Crippen molar-refractivity contribution in [2.45, 2.75) is 42.9 Å². The summed E-state index contributed by atoms with van der Waals surface area (Å²) in [5.41, 5.74) is -0.721. The first-order valence-corrected chi connectivity index (χ1v) is 8.08. The van der Waals surface area contributed by atoms with Crippen LogP contribution in [0.25, 0.3) is 0 Å². The monoisotopic (exact) mass is 353 g/mol. The van der Waals surface area contributed by atoms with Gasteiger partial charge < -0.3 is 4.90 Å². The summed E-state index contributed by atoms with van der Waals surface area (Å²) in [5, 5.41) is 9.58.